The van der Waals surface area contributed by atoms with Gasteiger partial charge in [-0.05, 0) is 91.8 Å². The van der Waals surface area contributed by atoms with E-state index in [4.69, 9.17) is 32.5 Å². The van der Waals surface area contributed by atoms with E-state index in [0.29, 0.717) is 40.1 Å². The van der Waals surface area contributed by atoms with E-state index in [-0.39, 0.29) is 34.4 Å². The monoisotopic (exact) mass is 701 g/mol. The van der Waals surface area contributed by atoms with Gasteiger partial charge >= 0.3 is 7.12 Å². The zero-order valence-electron chi connectivity index (χ0n) is 28.2. The highest BCUT2D eigenvalue weighted by molar-refractivity contribution is 6.48. The highest BCUT2D eigenvalue weighted by Crippen LogP contribution is 2.65. The average Bonchev–Trinajstić information content (AvgIpc) is 3.43. The van der Waals surface area contributed by atoms with Crippen LogP contribution >= 0.6 is 23.2 Å². The Kier molecular flexibility index (Phi) is 10.0. The fraction of sp³-hybridized carbons (Fsp3) is 0.395. The van der Waals surface area contributed by atoms with Gasteiger partial charge in [0.15, 0.2) is 0 Å². The lowest BCUT2D eigenvalue weighted by atomic mass is 9.43. The number of hydrogen-bond donors (Lipinski definition) is 3. The van der Waals surface area contributed by atoms with Gasteiger partial charge in [0.2, 0.25) is 5.91 Å². The fourth-order valence-corrected chi connectivity index (χ4v) is 8.18. The summed E-state index contributed by atoms with van der Waals surface area (Å²) in [6, 6.07) is 20.6. The van der Waals surface area contributed by atoms with Gasteiger partial charge in [-0.1, -0.05) is 86.1 Å². The maximum absolute atomic E-state index is 14.4. The Morgan fingerprint density at radius 2 is 1.67 bits per heavy atom. The second-order valence-corrected chi connectivity index (χ2v) is 15.3. The third-order valence-corrected chi connectivity index (χ3v) is 11.3. The number of rotatable bonds is 11. The van der Waals surface area contributed by atoms with Crippen LogP contribution in [0.3, 0.4) is 0 Å². The zero-order valence-corrected chi connectivity index (χ0v) is 29.7. The Balaban J connectivity index is 1.28. The molecule has 3 aliphatic carbocycles. The Bertz CT molecular complexity index is 1770. The molecule has 3 N–H and O–H groups in total. The molecule has 0 aromatic heterocycles. The first kappa shape index (κ1) is 35.2. The molecule has 3 aromatic carbocycles. The third kappa shape index (κ3) is 7.31. The first-order valence-corrected chi connectivity index (χ1v) is 17.5. The van der Waals surface area contributed by atoms with Gasteiger partial charge in [-0.3, -0.25) is 14.4 Å². The van der Waals surface area contributed by atoms with Crippen LogP contribution in [0.5, 0.6) is 0 Å². The summed E-state index contributed by atoms with van der Waals surface area (Å²) in [4.78, 5) is 40.3. The van der Waals surface area contributed by atoms with Crippen LogP contribution in [0.25, 0.3) is 0 Å². The van der Waals surface area contributed by atoms with Crippen molar-refractivity contribution in [2.45, 2.75) is 77.1 Å². The summed E-state index contributed by atoms with van der Waals surface area (Å²) in [7, 11) is -0.686. The van der Waals surface area contributed by atoms with E-state index in [1.807, 2.05) is 36.4 Å². The standard InChI is InChI=1S/C38H42BCl2N3O5/c1-22(2)34(45)42-27-13-9-12-24(16-27)17-30(43-35(46)28-21-26(40)14-15-29(28)41)36(47)44-33(18-23-10-7-6-8-11-23)39-48-32-20-25-19-31(37(25,3)4)38(32,5)49-39/h6-16,21,25,30-33H,1,17-20H2,2-5H3,(H,42,45)(H,43,46)(H,44,47)/t25-,30-,31-,32+,33-,38-/m0/s1. The lowest BCUT2D eigenvalue weighted by Gasteiger charge is -2.64. The Morgan fingerprint density at radius 1 is 0.939 bits per heavy atom. The minimum atomic E-state index is -1.03. The molecule has 11 heteroatoms. The summed E-state index contributed by atoms with van der Waals surface area (Å²) in [6.45, 7) is 12.1. The number of halogens is 2. The smallest absolute Gasteiger partial charge is 0.404 e. The highest BCUT2D eigenvalue weighted by Gasteiger charge is 2.68. The fourth-order valence-electron chi connectivity index (χ4n) is 7.80. The van der Waals surface area contributed by atoms with Crippen molar-refractivity contribution < 1.29 is 23.7 Å². The van der Waals surface area contributed by atoms with E-state index < -0.39 is 36.5 Å². The number of hydrogen-bond acceptors (Lipinski definition) is 5. The second-order valence-electron chi connectivity index (χ2n) is 14.4. The predicted molar refractivity (Wildman–Crippen MR) is 193 cm³/mol. The van der Waals surface area contributed by atoms with E-state index >= 15 is 0 Å². The number of carbonyl (C=O) groups is 3. The lowest BCUT2D eigenvalue weighted by molar-refractivity contribution is -0.199. The molecule has 0 unspecified atom stereocenters. The maximum Gasteiger partial charge on any atom is 0.482 e. The first-order valence-electron chi connectivity index (χ1n) is 16.7. The van der Waals surface area contributed by atoms with Crippen LogP contribution in [0.4, 0.5) is 5.69 Å². The van der Waals surface area contributed by atoms with Crippen molar-refractivity contribution in [3.63, 3.8) is 0 Å². The predicted octanol–water partition coefficient (Wildman–Crippen LogP) is 6.84. The van der Waals surface area contributed by atoms with Crippen LogP contribution in [0.1, 0.15) is 62.0 Å². The summed E-state index contributed by atoms with van der Waals surface area (Å²) < 4.78 is 13.5. The summed E-state index contributed by atoms with van der Waals surface area (Å²) >= 11 is 12.6. The SMILES string of the molecule is C=C(C)C(=O)Nc1cccc(C[C@H](NC(=O)c2cc(Cl)ccc2Cl)C(=O)N[C@@H](Cc2ccccc2)B2O[C@@H]3C[C@@H]4C[C@@H](C4(C)C)[C@]3(C)O2)c1. The molecule has 3 saturated carbocycles. The third-order valence-electron chi connectivity index (χ3n) is 10.7. The number of carbonyl (C=O) groups excluding carboxylic acids is 3. The number of amides is 3. The molecular weight excluding hydrogens is 660 g/mol. The summed E-state index contributed by atoms with van der Waals surface area (Å²) in [5, 5.41) is 9.45. The van der Waals surface area contributed by atoms with Crippen molar-refractivity contribution in [1.29, 1.82) is 0 Å². The number of nitrogens with one attached hydrogen (secondary N) is 3. The summed E-state index contributed by atoms with van der Waals surface area (Å²) in [6.07, 6.45) is 2.54. The minimum absolute atomic E-state index is 0.0675. The molecule has 2 bridgehead atoms. The second kappa shape index (κ2) is 13.9. The van der Waals surface area contributed by atoms with Gasteiger partial charge in [-0.25, -0.2) is 0 Å². The van der Waals surface area contributed by atoms with Crippen molar-refractivity contribution in [1.82, 2.24) is 10.6 Å². The molecule has 1 heterocycles. The topological polar surface area (TPSA) is 106 Å². The Morgan fingerprint density at radius 3 is 2.39 bits per heavy atom. The van der Waals surface area contributed by atoms with E-state index in [0.717, 1.165) is 18.4 Å². The molecular formula is C38H42BCl2N3O5. The average molecular weight is 702 g/mol. The minimum Gasteiger partial charge on any atom is -0.404 e. The largest absolute Gasteiger partial charge is 0.482 e. The van der Waals surface area contributed by atoms with E-state index in [1.165, 1.54) is 12.1 Å². The molecule has 8 nitrogen and oxygen atoms in total. The van der Waals surface area contributed by atoms with E-state index in [1.54, 1.807) is 31.2 Å². The molecule has 3 amide bonds. The molecule has 1 saturated heterocycles. The molecule has 3 aromatic rings. The van der Waals surface area contributed by atoms with Crippen LogP contribution in [0.2, 0.25) is 10.0 Å². The van der Waals surface area contributed by atoms with Gasteiger partial charge in [0.05, 0.1) is 28.2 Å². The summed E-state index contributed by atoms with van der Waals surface area (Å²) in [5.41, 5.74) is 2.48. The lowest BCUT2D eigenvalue weighted by Crippen LogP contribution is -2.65. The Labute approximate surface area is 298 Å². The van der Waals surface area contributed by atoms with Crippen molar-refractivity contribution in [3.8, 4) is 0 Å². The molecule has 7 rings (SSSR count). The molecule has 1 aliphatic heterocycles. The number of benzene rings is 3. The molecule has 6 atom stereocenters. The van der Waals surface area contributed by atoms with E-state index in [2.05, 4.69) is 43.3 Å². The zero-order chi connectivity index (χ0) is 35.1. The van der Waals surface area contributed by atoms with Gasteiger partial charge in [0.1, 0.15) is 6.04 Å². The van der Waals surface area contributed by atoms with Gasteiger partial charge < -0.3 is 25.3 Å². The van der Waals surface area contributed by atoms with Gasteiger partial charge in [0, 0.05) is 22.7 Å². The van der Waals surface area contributed by atoms with Crippen LogP contribution in [0.15, 0.2) is 84.9 Å². The van der Waals surface area contributed by atoms with Crippen LogP contribution < -0.4 is 16.0 Å². The maximum atomic E-state index is 14.4. The van der Waals surface area contributed by atoms with Gasteiger partial charge in [-0.2, -0.15) is 0 Å². The van der Waals surface area contributed by atoms with Gasteiger partial charge in [0.25, 0.3) is 11.8 Å². The molecule has 4 fully saturated rings. The normalized spacial score (nSPS) is 24.5. The van der Waals surface area contributed by atoms with Crippen LogP contribution in [0, 0.1) is 17.3 Å². The quantitative estimate of drug-likeness (QED) is 0.150. The molecule has 256 valence electrons. The summed E-state index contributed by atoms with van der Waals surface area (Å²) in [5.74, 6) is -0.893. The van der Waals surface area contributed by atoms with Crippen LogP contribution in [-0.2, 0) is 31.7 Å². The Hall–Kier alpha value is -3.63. The molecule has 0 radical (unpaired) electrons. The molecule has 0 spiro atoms. The van der Waals surface area contributed by atoms with Crippen molar-refractivity contribution >= 4 is 53.7 Å². The van der Waals surface area contributed by atoms with Gasteiger partial charge in [-0.15, -0.1) is 0 Å². The first-order chi connectivity index (χ1) is 23.2. The highest BCUT2D eigenvalue weighted by atomic mass is 35.5. The molecule has 4 aliphatic rings. The van der Waals surface area contributed by atoms with Crippen LogP contribution in [-0.4, -0.2) is 48.5 Å². The van der Waals surface area contributed by atoms with Crippen molar-refractivity contribution in [3.05, 3.63) is 112 Å². The number of anilines is 1. The van der Waals surface area contributed by atoms with Crippen molar-refractivity contribution in [2.24, 2.45) is 17.3 Å². The van der Waals surface area contributed by atoms with Crippen molar-refractivity contribution in [2.75, 3.05) is 5.32 Å². The van der Waals surface area contributed by atoms with E-state index in [9.17, 15) is 14.4 Å². The molecule has 49 heavy (non-hydrogen) atoms.